The number of rotatable bonds is 2. The molecule has 0 saturated carbocycles. The van der Waals surface area contributed by atoms with Crippen molar-refractivity contribution in [2.24, 2.45) is 10.7 Å². The van der Waals surface area contributed by atoms with Gasteiger partial charge in [0.15, 0.2) is 5.96 Å². The van der Waals surface area contributed by atoms with Crippen LogP contribution in [0.3, 0.4) is 0 Å². The normalized spacial score (nSPS) is 15.6. The van der Waals surface area contributed by atoms with E-state index in [0.29, 0.717) is 22.6 Å². The number of guanidine groups is 1. The van der Waals surface area contributed by atoms with Gasteiger partial charge < -0.3 is 10.5 Å². The molecule has 1 amide bonds. The van der Waals surface area contributed by atoms with Crippen LogP contribution in [-0.4, -0.2) is 33.8 Å². The molecule has 6 rings (SSSR count). The first-order valence-electron chi connectivity index (χ1n) is 10.5. The van der Waals surface area contributed by atoms with Crippen LogP contribution in [0.5, 0.6) is 11.5 Å². The molecule has 160 valence electrons. The topological polar surface area (TPSA) is 93.7 Å². The maximum atomic E-state index is 13.8. The Morgan fingerprint density at radius 1 is 0.818 bits per heavy atom. The van der Waals surface area contributed by atoms with Crippen LogP contribution in [0.2, 0.25) is 0 Å². The molecule has 33 heavy (non-hydrogen) atoms. The maximum absolute atomic E-state index is 13.8. The van der Waals surface area contributed by atoms with Crippen LogP contribution >= 0.6 is 0 Å². The maximum Gasteiger partial charge on any atom is 0.266 e. The molecule has 4 aromatic rings. The number of likely N-dealkylation sites (N-methyl/N-ethyl adjacent to an activating group) is 1. The zero-order chi connectivity index (χ0) is 22.6. The third-order valence-corrected chi connectivity index (χ3v) is 6.19. The second-order valence-electron chi connectivity index (χ2n) is 8.05. The molecule has 0 atom stereocenters. The highest BCUT2D eigenvalue weighted by Gasteiger charge is 2.54. The summed E-state index contributed by atoms with van der Waals surface area (Å²) < 4.78 is 6.25. The summed E-state index contributed by atoms with van der Waals surface area (Å²) in [4.78, 5) is 28.4. The van der Waals surface area contributed by atoms with Crippen molar-refractivity contribution in [1.82, 2.24) is 14.9 Å². The first kappa shape index (κ1) is 19.2. The van der Waals surface area contributed by atoms with E-state index in [2.05, 4.69) is 9.97 Å². The lowest BCUT2D eigenvalue weighted by atomic mass is 9.78. The van der Waals surface area contributed by atoms with Gasteiger partial charge in [-0.2, -0.15) is 0 Å². The van der Waals surface area contributed by atoms with Crippen molar-refractivity contribution in [3.05, 3.63) is 96.6 Å². The summed E-state index contributed by atoms with van der Waals surface area (Å²) in [6.07, 6.45) is 7.02. The number of benzene rings is 2. The number of nitrogens with zero attached hydrogens (tertiary/aromatic N) is 4. The van der Waals surface area contributed by atoms with Crippen LogP contribution < -0.4 is 10.5 Å². The molecule has 2 aromatic carbocycles. The number of ether oxygens (including phenoxy) is 1. The first-order valence-corrected chi connectivity index (χ1v) is 10.5. The summed E-state index contributed by atoms with van der Waals surface area (Å²) in [5, 5.41) is 0. The summed E-state index contributed by atoms with van der Waals surface area (Å²) in [6.45, 7) is 0. The minimum Gasteiger partial charge on any atom is -0.457 e. The van der Waals surface area contributed by atoms with Gasteiger partial charge in [-0.05, 0) is 47.5 Å². The van der Waals surface area contributed by atoms with Crippen LogP contribution in [0.1, 0.15) is 11.1 Å². The molecule has 0 unspecified atom stereocenters. The molecule has 0 aliphatic carbocycles. The van der Waals surface area contributed by atoms with Gasteiger partial charge in [0.2, 0.25) is 5.54 Å². The number of hydrogen-bond acceptors (Lipinski definition) is 6. The molecule has 0 radical (unpaired) electrons. The number of aromatic nitrogens is 2. The van der Waals surface area contributed by atoms with E-state index >= 15 is 0 Å². The van der Waals surface area contributed by atoms with Crippen molar-refractivity contribution in [1.29, 1.82) is 0 Å². The average molecular weight is 433 g/mol. The summed E-state index contributed by atoms with van der Waals surface area (Å²) in [7, 11) is 1.64. The number of carbonyl (C=O) groups excluding carboxylic acids is 1. The van der Waals surface area contributed by atoms with Crippen molar-refractivity contribution in [3.8, 4) is 33.8 Å². The van der Waals surface area contributed by atoms with Gasteiger partial charge in [0, 0.05) is 54.1 Å². The van der Waals surface area contributed by atoms with Gasteiger partial charge >= 0.3 is 0 Å². The van der Waals surface area contributed by atoms with E-state index in [-0.39, 0.29) is 11.9 Å². The Morgan fingerprint density at radius 3 is 1.79 bits per heavy atom. The Kier molecular flexibility index (Phi) is 4.07. The van der Waals surface area contributed by atoms with Gasteiger partial charge in [-0.1, -0.05) is 24.3 Å². The van der Waals surface area contributed by atoms with Gasteiger partial charge in [-0.3, -0.25) is 19.7 Å². The number of fused-ring (bicyclic) bond motifs is 4. The fourth-order valence-electron chi connectivity index (χ4n) is 4.49. The van der Waals surface area contributed by atoms with Crippen molar-refractivity contribution < 1.29 is 9.53 Å². The second kappa shape index (κ2) is 7.00. The smallest absolute Gasteiger partial charge is 0.266 e. The third-order valence-electron chi connectivity index (χ3n) is 6.19. The third kappa shape index (κ3) is 2.75. The zero-order valence-corrected chi connectivity index (χ0v) is 17.8. The number of aliphatic imine (C=N–C) groups is 1. The molecule has 0 bridgehead atoms. The molecule has 2 aliphatic heterocycles. The van der Waals surface area contributed by atoms with E-state index in [1.807, 2.05) is 60.7 Å². The van der Waals surface area contributed by atoms with E-state index < -0.39 is 5.54 Å². The molecular formula is C26H19N5O2. The lowest BCUT2D eigenvalue weighted by Gasteiger charge is -2.34. The van der Waals surface area contributed by atoms with E-state index in [1.165, 1.54) is 4.90 Å². The highest BCUT2D eigenvalue weighted by molar-refractivity contribution is 6.10. The van der Waals surface area contributed by atoms with Crippen molar-refractivity contribution in [2.45, 2.75) is 5.54 Å². The Bertz CT molecular complexity index is 1350. The number of carbonyl (C=O) groups is 1. The Morgan fingerprint density at radius 2 is 1.36 bits per heavy atom. The monoisotopic (exact) mass is 433 g/mol. The molecule has 2 N–H and O–H groups in total. The number of hydrogen-bond donors (Lipinski definition) is 1. The van der Waals surface area contributed by atoms with Crippen LogP contribution in [-0.2, 0) is 10.3 Å². The van der Waals surface area contributed by atoms with Crippen molar-refractivity contribution >= 4 is 11.9 Å². The standard InChI is InChI=1S/C26H19N5O2/c1-31-24(32)26(30-25(31)27)20-12-16(18-4-2-10-28-14-18)6-8-22(20)33-23-9-7-17(13-21(23)26)19-5-3-11-29-15-19/h2-15H,1H3,(H2,27,30). The SMILES string of the molecule is CN1C(=O)C2(N=C1N)c1cc(-c3cccnc3)ccc1Oc1ccc(-c3cccnc3)cc12. The van der Waals surface area contributed by atoms with Gasteiger partial charge in [0.05, 0.1) is 0 Å². The van der Waals surface area contributed by atoms with E-state index in [4.69, 9.17) is 15.5 Å². The molecule has 0 saturated heterocycles. The molecule has 2 aromatic heterocycles. The molecule has 1 spiro atoms. The number of pyridine rings is 2. The van der Waals surface area contributed by atoms with E-state index in [9.17, 15) is 4.79 Å². The minimum atomic E-state index is -1.34. The lowest BCUT2D eigenvalue weighted by molar-refractivity contribution is -0.129. The number of amides is 1. The largest absolute Gasteiger partial charge is 0.457 e. The van der Waals surface area contributed by atoms with E-state index in [1.54, 1.807) is 31.8 Å². The summed E-state index contributed by atoms with van der Waals surface area (Å²) in [5.41, 5.74) is 9.83. The molecule has 4 heterocycles. The predicted octanol–water partition coefficient (Wildman–Crippen LogP) is 3.95. The Hall–Kier alpha value is -4.52. The van der Waals surface area contributed by atoms with Crippen molar-refractivity contribution in [3.63, 3.8) is 0 Å². The van der Waals surface area contributed by atoms with Crippen LogP contribution in [0.25, 0.3) is 22.3 Å². The fraction of sp³-hybridized carbons (Fsp3) is 0.0769. The Balaban J connectivity index is 1.62. The van der Waals surface area contributed by atoms with Gasteiger partial charge in [0.1, 0.15) is 11.5 Å². The average Bonchev–Trinajstić information content (AvgIpc) is 3.09. The summed E-state index contributed by atoms with van der Waals surface area (Å²) in [5.74, 6) is 1.09. The predicted molar refractivity (Wildman–Crippen MR) is 125 cm³/mol. The summed E-state index contributed by atoms with van der Waals surface area (Å²) >= 11 is 0. The number of nitrogens with two attached hydrogens (primary N) is 1. The Labute approximate surface area is 190 Å². The van der Waals surface area contributed by atoms with Gasteiger partial charge in [-0.15, -0.1) is 0 Å². The van der Waals surface area contributed by atoms with Gasteiger partial charge in [-0.25, -0.2) is 4.99 Å². The fourth-order valence-corrected chi connectivity index (χ4v) is 4.49. The molecule has 0 fully saturated rings. The van der Waals surface area contributed by atoms with Crippen LogP contribution in [0.15, 0.2) is 90.4 Å². The first-order chi connectivity index (χ1) is 16.1. The quantitative estimate of drug-likeness (QED) is 0.517. The lowest BCUT2D eigenvalue weighted by Crippen LogP contribution is -2.42. The minimum absolute atomic E-state index is 0.164. The van der Waals surface area contributed by atoms with Crippen molar-refractivity contribution in [2.75, 3.05) is 7.05 Å². The van der Waals surface area contributed by atoms with Crippen LogP contribution in [0, 0.1) is 0 Å². The molecule has 7 heteroatoms. The molecular weight excluding hydrogens is 414 g/mol. The van der Waals surface area contributed by atoms with E-state index in [0.717, 1.165) is 22.3 Å². The highest BCUT2D eigenvalue weighted by atomic mass is 16.5. The molecule has 2 aliphatic rings. The highest BCUT2D eigenvalue weighted by Crippen LogP contribution is 2.53. The van der Waals surface area contributed by atoms with Crippen LogP contribution in [0.4, 0.5) is 0 Å². The molecule has 7 nitrogen and oxygen atoms in total. The van der Waals surface area contributed by atoms with Gasteiger partial charge in [0.25, 0.3) is 5.91 Å². The second-order valence-corrected chi connectivity index (χ2v) is 8.05. The zero-order valence-electron chi connectivity index (χ0n) is 17.8. The summed E-state index contributed by atoms with van der Waals surface area (Å²) in [6, 6.07) is 19.2.